The molecule has 0 aromatic carbocycles. The number of hydrogen-bond donors (Lipinski definition) is 1. The Kier molecular flexibility index (Phi) is 5.48. The first kappa shape index (κ1) is 20.3. The van der Waals surface area contributed by atoms with Gasteiger partial charge in [-0.2, -0.15) is 22.6 Å². The van der Waals surface area contributed by atoms with Gasteiger partial charge in [-0.05, 0) is 18.9 Å². The number of aliphatic carboxylic acids is 1. The highest BCUT2D eigenvalue weighted by atomic mass is 32.2. The first-order valence-corrected chi connectivity index (χ1v) is 9.89. The number of halogens is 3. The third kappa shape index (κ3) is 4.70. The van der Waals surface area contributed by atoms with Gasteiger partial charge in [0.15, 0.2) is 0 Å². The summed E-state index contributed by atoms with van der Waals surface area (Å²) in [5.74, 6) is -1.93. The number of alkyl halides is 3. The van der Waals surface area contributed by atoms with Gasteiger partial charge in [-0.3, -0.25) is 4.68 Å². The molecule has 1 aliphatic carbocycles. The molecule has 2 aliphatic rings. The third-order valence-electron chi connectivity index (χ3n) is 4.25. The summed E-state index contributed by atoms with van der Waals surface area (Å²) in [5.41, 5.74) is 0.916. The van der Waals surface area contributed by atoms with Gasteiger partial charge in [-0.25, -0.2) is 18.2 Å². The lowest BCUT2D eigenvalue weighted by Gasteiger charge is -2.26. The summed E-state index contributed by atoms with van der Waals surface area (Å²) in [6.45, 7) is 2.22. The number of carbonyl (C=O) groups is 1. The van der Waals surface area contributed by atoms with Gasteiger partial charge < -0.3 is 9.67 Å². The van der Waals surface area contributed by atoms with E-state index in [1.165, 1.54) is 0 Å². The van der Waals surface area contributed by atoms with Gasteiger partial charge in [-0.1, -0.05) is 0 Å². The predicted molar refractivity (Wildman–Crippen MR) is 89.6 cm³/mol. The number of nitrogens with zero attached hydrogens (tertiary/aromatic N) is 5. The molecule has 3 heterocycles. The Balaban J connectivity index is 0.000000279. The van der Waals surface area contributed by atoms with Crippen LogP contribution in [0, 0.1) is 0 Å². The lowest BCUT2D eigenvalue weighted by molar-refractivity contribution is -0.192. The number of rotatable bonds is 4. The number of sulfonamides is 1. The largest absolute Gasteiger partial charge is 0.490 e. The molecule has 1 saturated carbocycles. The standard InChI is InChI=1S/C13H17N5O2S.C2HF3O2/c19-21(20,12-2-3-12)18-7-6-16-8-11(15-13(16)10-18)9-17-5-1-4-14-17;3-2(4,5)1(6)7/h1,4-5,8,12H,2-3,6-7,9-10H2;(H,6,7). The van der Waals surface area contributed by atoms with Gasteiger partial charge in [0, 0.05) is 31.7 Å². The molecular weight excluding hydrogens is 403 g/mol. The highest BCUT2D eigenvalue weighted by Gasteiger charge is 2.41. The summed E-state index contributed by atoms with van der Waals surface area (Å²) in [6, 6.07) is 1.87. The van der Waals surface area contributed by atoms with E-state index < -0.39 is 22.2 Å². The van der Waals surface area contributed by atoms with E-state index in [9.17, 15) is 21.6 Å². The zero-order valence-electron chi connectivity index (χ0n) is 14.6. The van der Waals surface area contributed by atoms with Crippen molar-refractivity contribution in [1.82, 2.24) is 23.6 Å². The van der Waals surface area contributed by atoms with Crippen LogP contribution >= 0.6 is 0 Å². The third-order valence-corrected chi connectivity index (χ3v) is 6.59. The normalized spacial score (nSPS) is 17.5. The lowest BCUT2D eigenvalue weighted by atomic mass is 10.4. The van der Waals surface area contributed by atoms with Crippen LogP contribution in [0.1, 0.15) is 24.4 Å². The minimum atomic E-state index is -5.08. The van der Waals surface area contributed by atoms with Crippen molar-refractivity contribution in [3.05, 3.63) is 36.2 Å². The van der Waals surface area contributed by atoms with Crippen LogP contribution in [-0.4, -0.2) is 61.1 Å². The number of carboxylic acid groups (broad SMARTS) is 1. The second kappa shape index (κ2) is 7.54. The number of aromatic nitrogens is 4. The molecule has 1 fully saturated rings. The van der Waals surface area contributed by atoms with Gasteiger partial charge in [0.2, 0.25) is 10.0 Å². The van der Waals surface area contributed by atoms with Crippen molar-refractivity contribution in [3.63, 3.8) is 0 Å². The maximum absolute atomic E-state index is 12.3. The van der Waals surface area contributed by atoms with Gasteiger partial charge in [0.1, 0.15) is 5.82 Å². The van der Waals surface area contributed by atoms with Crippen LogP contribution in [0.5, 0.6) is 0 Å². The van der Waals surface area contributed by atoms with Crippen molar-refractivity contribution in [2.45, 2.75) is 43.9 Å². The van der Waals surface area contributed by atoms with E-state index in [-0.39, 0.29) is 5.25 Å². The topological polar surface area (TPSA) is 110 Å². The molecule has 0 amide bonds. The zero-order chi connectivity index (χ0) is 20.5. The van der Waals surface area contributed by atoms with Crippen molar-refractivity contribution in [1.29, 1.82) is 0 Å². The van der Waals surface area contributed by atoms with Crippen molar-refractivity contribution in [2.75, 3.05) is 6.54 Å². The molecular formula is C15H18F3N5O4S. The molecule has 0 spiro atoms. The van der Waals surface area contributed by atoms with Crippen molar-refractivity contribution < 1.29 is 31.5 Å². The molecule has 2 aromatic rings. The van der Waals surface area contributed by atoms with Gasteiger partial charge in [0.05, 0.1) is 24.0 Å². The quantitative estimate of drug-likeness (QED) is 0.791. The van der Waals surface area contributed by atoms with E-state index in [0.29, 0.717) is 26.2 Å². The smallest absolute Gasteiger partial charge is 0.475 e. The number of fused-ring (bicyclic) bond motifs is 1. The zero-order valence-corrected chi connectivity index (χ0v) is 15.4. The van der Waals surface area contributed by atoms with E-state index in [1.54, 1.807) is 10.5 Å². The Hall–Kier alpha value is -2.41. The molecule has 0 radical (unpaired) electrons. The highest BCUT2D eigenvalue weighted by molar-refractivity contribution is 7.90. The Morgan fingerprint density at radius 1 is 1.29 bits per heavy atom. The summed E-state index contributed by atoms with van der Waals surface area (Å²) >= 11 is 0. The Bertz CT molecular complexity index is 936. The second-order valence-corrected chi connectivity index (χ2v) is 8.64. The van der Waals surface area contributed by atoms with Crippen LogP contribution in [0.4, 0.5) is 13.2 Å². The summed E-state index contributed by atoms with van der Waals surface area (Å²) in [7, 11) is -3.11. The monoisotopic (exact) mass is 421 g/mol. The minimum absolute atomic E-state index is 0.150. The number of carboxylic acids is 1. The van der Waals surface area contributed by atoms with Crippen LogP contribution in [0.3, 0.4) is 0 Å². The second-order valence-electron chi connectivity index (χ2n) is 6.43. The van der Waals surface area contributed by atoms with E-state index >= 15 is 0 Å². The summed E-state index contributed by atoms with van der Waals surface area (Å²) in [4.78, 5) is 13.5. The van der Waals surface area contributed by atoms with Crippen LogP contribution in [-0.2, 0) is 34.5 Å². The average Bonchev–Trinajstić information content (AvgIpc) is 3.22. The maximum atomic E-state index is 12.3. The molecule has 0 bridgehead atoms. The van der Waals surface area contributed by atoms with Crippen LogP contribution < -0.4 is 0 Å². The van der Waals surface area contributed by atoms with Gasteiger partial charge in [0.25, 0.3) is 0 Å². The van der Waals surface area contributed by atoms with Gasteiger partial charge >= 0.3 is 12.1 Å². The maximum Gasteiger partial charge on any atom is 0.490 e. The van der Waals surface area contributed by atoms with Crippen LogP contribution in [0.2, 0.25) is 0 Å². The highest BCUT2D eigenvalue weighted by Crippen LogP contribution is 2.32. The number of imidazole rings is 1. The van der Waals surface area contributed by atoms with Gasteiger partial charge in [-0.15, -0.1) is 0 Å². The predicted octanol–water partition coefficient (Wildman–Crippen LogP) is 1.07. The summed E-state index contributed by atoms with van der Waals surface area (Å²) in [5, 5.41) is 11.1. The molecule has 2 aromatic heterocycles. The molecule has 1 aliphatic heterocycles. The number of hydrogen-bond acceptors (Lipinski definition) is 5. The van der Waals surface area contributed by atoms with Crippen LogP contribution in [0.25, 0.3) is 0 Å². The minimum Gasteiger partial charge on any atom is -0.475 e. The molecule has 154 valence electrons. The SMILES string of the molecule is O=C(O)C(F)(F)F.O=S(=O)(C1CC1)N1CCn2cc(Cn3cccn3)nc2C1. The fraction of sp³-hybridized carbons (Fsp3) is 0.533. The summed E-state index contributed by atoms with van der Waals surface area (Å²) in [6.07, 6.45) is 2.15. The average molecular weight is 421 g/mol. The van der Waals surface area contributed by atoms with Crippen molar-refractivity contribution >= 4 is 16.0 Å². The Morgan fingerprint density at radius 3 is 2.50 bits per heavy atom. The first-order valence-electron chi connectivity index (χ1n) is 8.39. The molecule has 28 heavy (non-hydrogen) atoms. The fourth-order valence-electron chi connectivity index (χ4n) is 2.72. The van der Waals surface area contributed by atoms with Crippen molar-refractivity contribution in [2.24, 2.45) is 0 Å². The molecule has 0 atom stereocenters. The lowest BCUT2D eigenvalue weighted by Crippen LogP contribution is -2.39. The fourth-order valence-corrected chi connectivity index (χ4v) is 4.50. The Morgan fingerprint density at radius 2 is 1.96 bits per heavy atom. The van der Waals surface area contributed by atoms with E-state index in [2.05, 4.69) is 14.6 Å². The summed E-state index contributed by atoms with van der Waals surface area (Å²) < 4.78 is 61.8. The first-order chi connectivity index (χ1) is 13.1. The molecule has 0 saturated heterocycles. The molecule has 4 rings (SSSR count). The molecule has 1 N–H and O–H groups in total. The molecule has 13 heteroatoms. The van der Waals surface area contributed by atoms with E-state index in [1.807, 2.05) is 23.1 Å². The van der Waals surface area contributed by atoms with Crippen LogP contribution in [0.15, 0.2) is 24.7 Å². The molecule has 9 nitrogen and oxygen atoms in total. The van der Waals surface area contributed by atoms with Crippen molar-refractivity contribution in [3.8, 4) is 0 Å². The van der Waals surface area contributed by atoms with E-state index in [0.717, 1.165) is 24.4 Å². The van der Waals surface area contributed by atoms with E-state index in [4.69, 9.17) is 9.90 Å². The molecule has 0 unspecified atom stereocenters. The Labute approximate surface area is 158 Å².